The van der Waals surface area contributed by atoms with Crippen molar-refractivity contribution in [3.63, 3.8) is 0 Å². The molecule has 1 atom stereocenters. The number of hydrogen-bond donors (Lipinski definition) is 2. The third kappa shape index (κ3) is 4.02. The van der Waals surface area contributed by atoms with Crippen LogP contribution in [0.5, 0.6) is 0 Å². The fourth-order valence-electron chi connectivity index (χ4n) is 2.40. The second-order valence-corrected chi connectivity index (χ2v) is 5.28. The molecule has 0 fully saturated rings. The lowest BCUT2D eigenvalue weighted by Crippen LogP contribution is -2.31. The Morgan fingerprint density at radius 2 is 1.75 bits per heavy atom. The Kier molecular flexibility index (Phi) is 6.14. The number of furan rings is 1. The van der Waals surface area contributed by atoms with E-state index in [9.17, 15) is 14.7 Å². The fourth-order valence-corrected chi connectivity index (χ4v) is 2.40. The van der Waals surface area contributed by atoms with Crippen LogP contribution in [0, 0.1) is 0 Å². The monoisotopic (exact) mass is 330 g/mol. The first-order chi connectivity index (χ1) is 11.6. The molecule has 0 aliphatic heterocycles. The van der Waals surface area contributed by atoms with Crippen molar-refractivity contribution in [3.05, 3.63) is 59.5 Å². The Hall–Kier alpha value is -2.60. The van der Waals surface area contributed by atoms with Gasteiger partial charge in [0.15, 0.2) is 0 Å². The number of rotatable bonds is 7. The predicted octanol–water partition coefficient (Wildman–Crippen LogP) is 2.23. The first-order valence-corrected chi connectivity index (χ1v) is 7.95. The summed E-state index contributed by atoms with van der Waals surface area (Å²) in [7, 11) is 0. The summed E-state index contributed by atoms with van der Waals surface area (Å²) in [4.78, 5) is 26.2. The van der Waals surface area contributed by atoms with Crippen LogP contribution in [0.1, 0.15) is 46.4 Å². The number of aliphatic hydroxyl groups is 1. The molecule has 2 aromatic rings. The molecule has 128 valence electrons. The van der Waals surface area contributed by atoms with E-state index in [-0.39, 0.29) is 18.4 Å². The summed E-state index contributed by atoms with van der Waals surface area (Å²) >= 11 is 0. The standard InChI is InChI=1S/C18H22N2O4/c1-3-20(4-2)18(23)14-9-7-13(8-10-14)17(22)19-15(12-21)16-6-5-11-24-16/h5-11,15,21H,3-4,12H2,1-2H3,(H,19,22). The quantitative estimate of drug-likeness (QED) is 0.815. The maximum absolute atomic E-state index is 12.3. The number of benzene rings is 1. The summed E-state index contributed by atoms with van der Waals surface area (Å²) in [6.45, 7) is 4.86. The van der Waals surface area contributed by atoms with E-state index in [4.69, 9.17) is 4.42 Å². The van der Waals surface area contributed by atoms with Gasteiger partial charge < -0.3 is 19.7 Å². The van der Waals surface area contributed by atoms with Crippen molar-refractivity contribution in [2.24, 2.45) is 0 Å². The molecule has 6 heteroatoms. The molecule has 0 spiro atoms. The zero-order chi connectivity index (χ0) is 17.5. The van der Waals surface area contributed by atoms with E-state index in [1.165, 1.54) is 6.26 Å². The Bertz CT molecular complexity index is 661. The van der Waals surface area contributed by atoms with Gasteiger partial charge in [-0.15, -0.1) is 0 Å². The number of carbonyl (C=O) groups excluding carboxylic acids is 2. The van der Waals surface area contributed by atoms with E-state index < -0.39 is 6.04 Å². The molecule has 0 saturated carbocycles. The normalized spacial score (nSPS) is 11.8. The molecule has 0 aliphatic carbocycles. The fraction of sp³-hybridized carbons (Fsp3) is 0.333. The summed E-state index contributed by atoms with van der Waals surface area (Å²) in [5, 5.41) is 12.1. The van der Waals surface area contributed by atoms with Crippen molar-refractivity contribution in [1.29, 1.82) is 0 Å². The second kappa shape index (κ2) is 8.31. The molecule has 0 saturated heterocycles. The van der Waals surface area contributed by atoms with Gasteiger partial charge in [-0.05, 0) is 50.2 Å². The molecule has 0 bridgehead atoms. The maximum atomic E-state index is 12.3. The van der Waals surface area contributed by atoms with Gasteiger partial charge >= 0.3 is 0 Å². The lowest BCUT2D eigenvalue weighted by atomic mass is 10.1. The van der Waals surface area contributed by atoms with Gasteiger partial charge in [-0.1, -0.05) is 0 Å². The number of amides is 2. The number of hydrogen-bond acceptors (Lipinski definition) is 4. The predicted molar refractivity (Wildman–Crippen MR) is 89.7 cm³/mol. The van der Waals surface area contributed by atoms with Gasteiger partial charge in [0.2, 0.25) is 0 Å². The molecule has 0 aliphatic rings. The summed E-state index contributed by atoms with van der Waals surface area (Å²) in [6, 6.07) is 9.24. The average Bonchev–Trinajstić information content (AvgIpc) is 3.15. The van der Waals surface area contributed by atoms with E-state index in [1.54, 1.807) is 41.3 Å². The minimum atomic E-state index is -0.607. The lowest BCUT2D eigenvalue weighted by molar-refractivity contribution is 0.0772. The highest BCUT2D eigenvalue weighted by Gasteiger charge is 2.18. The second-order valence-electron chi connectivity index (χ2n) is 5.28. The van der Waals surface area contributed by atoms with Crippen LogP contribution >= 0.6 is 0 Å². The Balaban J connectivity index is 2.07. The first kappa shape index (κ1) is 17.7. The number of nitrogens with one attached hydrogen (secondary N) is 1. The number of carbonyl (C=O) groups is 2. The minimum absolute atomic E-state index is 0.0595. The summed E-state index contributed by atoms with van der Waals surface area (Å²) < 4.78 is 5.20. The summed E-state index contributed by atoms with van der Waals surface area (Å²) in [5.41, 5.74) is 0.955. The summed E-state index contributed by atoms with van der Waals surface area (Å²) in [5.74, 6) is 0.0854. The zero-order valence-electron chi connectivity index (χ0n) is 13.9. The smallest absolute Gasteiger partial charge is 0.253 e. The van der Waals surface area contributed by atoms with Gasteiger partial charge in [0.1, 0.15) is 11.8 Å². The minimum Gasteiger partial charge on any atom is -0.467 e. The van der Waals surface area contributed by atoms with Crippen LogP contribution in [-0.2, 0) is 0 Å². The highest BCUT2D eigenvalue weighted by Crippen LogP contribution is 2.14. The van der Waals surface area contributed by atoms with Crippen molar-refractivity contribution in [1.82, 2.24) is 10.2 Å². The molecule has 24 heavy (non-hydrogen) atoms. The molecule has 1 unspecified atom stereocenters. The van der Waals surface area contributed by atoms with E-state index in [0.717, 1.165) is 0 Å². The molecule has 1 aromatic carbocycles. The van der Waals surface area contributed by atoms with E-state index in [2.05, 4.69) is 5.32 Å². The Morgan fingerprint density at radius 1 is 1.12 bits per heavy atom. The SMILES string of the molecule is CCN(CC)C(=O)c1ccc(C(=O)NC(CO)c2ccco2)cc1. The number of nitrogens with zero attached hydrogens (tertiary/aromatic N) is 1. The van der Waals surface area contributed by atoms with Crippen molar-refractivity contribution in [2.45, 2.75) is 19.9 Å². The molecule has 2 rings (SSSR count). The topological polar surface area (TPSA) is 82.8 Å². The van der Waals surface area contributed by atoms with Crippen LogP contribution in [0.3, 0.4) is 0 Å². The van der Waals surface area contributed by atoms with Crippen LogP contribution in [0.15, 0.2) is 47.1 Å². The van der Waals surface area contributed by atoms with Gasteiger partial charge in [0.05, 0.1) is 12.9 Å². The van der Waals surface area contributed by atoms with Gasteiger partial charge in [-0.3, -0.25) is 9.59 Å². The largest absolute Gasteiger partial charge is 0.467 e. The third-order valence-electron chi connectivity index (χ3n) is 3.82. The van der Waals surface area contributed by atoms with Gasteiger partial charge in [0.25, 0.3) is 11.8 Å². The first-order valence-electron chi connectivity index (χ1n) is 7.95. The molecule has 1 aromatic heterocycles. The van der Waals surface area contributed by atoms with Crippen LogP contribution in [-0.4, -0.2) is 41.5 Å². The molecule has 0 radical (unpaired) electrons. The maximum Gasteiger partial charge on any atom is 0.253 e. The Morgan fingerprint density at radius 3 is 2.25 bits per heavy atom. The van der Waals surface area contributed by atoms with Crippen LogP contribution in [0.25, 0.3) is 0 Å². The third-order valence-corrected chi connectivity index (χ3v) is 3.82. The summed E-state index contributed by atoms with van der Waals surface area (Å²) in [6.07, 6.45) is 1.48. The molecule has 1 heterocycles. The highest BCUT2D eigenvalue weighted by atomic mass is 16.3. The number of aliphatic hydroxyl groups excluding tert-OH is 1. The van der Waals surface area contributed by atoms with Gasteiger partial charge in [0, 0.05) is 24.2 Å². The van der Waals surface area contributed by atoms with Crippen LogP contribution < -0.4 is 5.32 Å². The van der Waals surface area contributed by atoms with Crippen molar-refractivity contribution in [2.75, 3.05) is 19.7 Å². The highest BCUT2D eigenvalue weighted by molar-refractivity contribution is 5.97. The molecular formula is C18H22N2O4. The lowest BCUT2D eigenvalue weighted by Gasteiger charge is -2.18. The molecular weight excluding hydrogens is 308 g/mol. The Labute approximate surface area is 141 Å². The average molecular weight is 330 g/mol. The molecule has 6 nitrogen and oxygen atoms in total. The van der Waals surface area contributed by atoms with Crippen molar-refractivity contribution >= 4 is 11.8 Å². The van der Waals surface area contributed by atoms with Crippen molar-refractivity contribution in [3.8, 4) is 0 Å². The zero-order valence-corrected chi connectivity index (χ0v) is 13.9. The van der Waals surface area contributed by atoms with E-state index in [0.29, 0.717) is 30.0 Å². The van der Waals surface area contributed by atoms with Crippen LogP contribution in [0.4, 0.5) is 0 Å². The molecule has 2 N–H and O–H groups in total. The van der Waals surface area contributed by atoms with E-state index >= 15 is 0 Å². The van der Waals surface area contributed by atoms with Crippen LogP contribution in [0.2, 0.25) is 0 Å². The van der Waals surface area contributed by atoms with E-state index in [1.807, 2.05) is 13.8 Å². The van der Waals surface area contributed by atoms with Gasteiger partial charge in [-0.25, -0.2) is 0 Å². The van der Waals surface area contributed by atoms with Crippen molar-refractivity contribution < 1.29 is 19.1 Å². The molecule has 2 amide bonds. The van der Waals surface area contributed by atoms with Gasteiger partial charge in [-0.2, -0.15) is 0 Å².